The van der Waals surface area contributed by atoms with Crippen molar-refractivity contribution in [3.05, 3.63) is 231 Å². The van der Waals surface area contributed by atoms with Crippen LogP contribution in [0.5, 0.6) is 46.0 Å². The van der Waals surface area contributed by atoms with Gasteiger partial charge in [-0.1, -0.05) is 115 Å². The predicted molar refractivity (Wildman–Crippen MR) is 306 cm³/mol. The molecule has 6 heterocycles. The van der Waals surface area contributed by atoms with Crippen molar-refractivity contribution in [2.24, 2.45) is 0 Å². The first-order valence-electron chi connectivity index (χ1n) is 25.6. The number of furan rings is 2. The van der Waals surface area contributed by atoms with Crippen molar-refractivity contribution in [2.45, 2.75) is 0 Å². The van der Waals surface area contributed by atoms with Crippen LogP contribution in [0.25, 0.3) is 43.9 Å². The summed E-state index contributed by atoms with van der Waals surface area (Å²) in [6.07, 6.45) is 0. The van der Waals surface area contributed by atoms with E-state index in [9.17, 15) is 0 Å². The van der Waals surface area contributed by atoms with Crippen LogP contribution in [0.3, 0.4) is 0 Å². The Balaban J connectivity index is 0.883. The summed E-state index contributed by atoms with van der Waals surface area (Å²) in [5.41, 5.74) is 15.9. The van der Waals surface area contributed by atoms with Gasteiger partial charge in [0, 0.05) is 92.1 Å². The molecule has 354 valence electrons. The molecular formula is C66H38B2N2O6. The topological polar surface area (TPSA) is 69.7 Å². The van der Waals surface area contributed by atoms with Crippen molar-refractivity contribution in [3.63, 3.8) is 0 Å². The van der Waals surface area contributed by atoms with Crippen LogP contribution in [0.15, 0.2) is 239 Å². The van der Waals surface area contributed by atoms with E-state index in [2.05, 4.69) is 155 Å². The molecule has 0 atom stereocenters. The fourth-order valence-corrected chi connectivity index (χ4v) is 12.5. The molecule has 8 nitrogen and oxygen atoms in total. The van der Waals surface area contributed by atoms with Crippen molar-refractivity contribution in [2.75, 3.05) is 9.80 Å². The van der Waals surface area contributed by atoms with Crippen LogP contribution >= 0.6 is 0 Å². The molecule has 76 heavy (non-hydrogen) atoms. The second kappa shape index (κ2) is 15.7. The summed E-state index contributed by atoms with van der Waals surface area (Å²) in [5, 5.41) is 4.22. The average Bonchev–Trinajstić information content (AvgIpc) is 4.18. The maximum atomic E-state index is 6.98. The lowest BCUT2D eigenvalue weighted by atomic mass is 9.31. The SMILES string of the molecule is c1ccc(N2c3cc4c(cc3B3c5ccccc5Oc5cc(Oc6ccc7c(c6)oc6ccccc67)cc2c53)B2c3ccccc3Oc3cc(Oc5ccc6c(c5)oc5ccccc56)cc(c32)N4c2ccccc2)cc1. The molecule has 0 bridgehead atoms. The molecule has 0 aliphatic carbocycles. The Morgan fingerprint density at radius 2 is 0.711 bits per heavy atom. The van der Waals surface area contributed by atoms with Crippen molar-refractivity contribution < 1.29 is 27.8 Å². The van der Waals surface area contributed by atoms with Gasteiger partial charge in [-0.15, -0.1) is 0 Å². The van der Waals surface area contributed by atoms with Gasteiger partial charge in [-0.25, -0.2) is 0 Å². The fourth-order valence-electron chi connectivity index (χ4n) is 12.5. The van der Waals surface area contributed by atoms with E-state index in [-0.39, 0.29) is 13.4 Å². The van der Waals surface area contributed by atoms with Gasteiger partial charge in [-0.2, -0.15) is 0 Å². The maximum Gasteiger partial charge on any atom is 0.256 e. The van der Waals surface area contributed by atoms with Crippen LogP contribution in [-0.2, 0) is 0 Å². The number of rotatable bonds is 6. The summed E-state index contributed by atoms with van der Waals surface area (Å²) < 4.78 is 40.4. The Kier molecular flexibility index (Phi) is 8.57. The third kappa shape index (κ3) is 6.09. The minimum absolute atomic E-state index is 0.183. The predicted octanol–water partition coefficient (Wildman–Crippen LogP) is 13.9. The smallest absolute Gasteiger partial charge is 0.256 e. The Labute approximate surface area is 436 Å². The average molecular weight is 977 g/mol. The van der Waals surface area contributed by atoms with Crippen molar-refractivity contribution in [3.8, 4) is 46.0 Å². The van der Waals surface area contributed by atoms with Gasteiger partial charge in [0.2, 0.25) is 0 Å². The molecule has 0 radical (unpaired) electrons. The highest BCUT2D eigenvalue weighted by molar-refractivity contribution is 7.02. The summed E-state index contributed by atoms with van der Waals surface area (Å²) in [4.78, 5) is 4.76. The van der Waals surface area contributed by atoms with Gasteiger partial charge >= 0.3 is 0 Å². The molecule has 4 aliphatic heterocycles. The van der Waals surface area contributed by atoms with Gasteiger partial charge < -0.3 is 37.6 Å². The molecular weight excluding hydrogens is 938 g/mol. The van der Waals surface area contributed by atoms with Crippen molar-refractivity contribution >= 4 is 124 Å². The van der Waals surface area contributed by atoms with Gasteiger partial charge in [0.05, 0.1) is 0 Å². The highest BCUT2D eigenvalue weighted by Crippen LogP contribution is 2.49. The summed E-state index contributed by atoms with van der Waals surface area (Å²) in [6, 6.07) is 79.7. The number of anilines is 6. The lowest BCUT2D eigenvalue weighted by Crippen LogP contribution is -2.63. The van der Waals surface area contributed by atoms with E-state index in [4.69, 9.17) is 27.8 Å². The molecule has 0 saturated heterocycles. The fraction of sp³-hybridized carbons (Fsp3) is 0. The molecule has 10 heteroatoms. The van der Waals surface area contributed by atoms with Crippen molar-refractivity contribution in [1.82, 2.24) is 0 Å². The first-order valence-corrected chi connectivity index (χ1v) is 25.6. The highest BCUT2D eigenvalue weighted by atomic mass is 16.5. The molecule has 0 saturated carbocycles. The Morgan fingerprint density at radius 1 is 0.289 bits per heavy atom. The van der Waals surface area contributed by atoms with Gasteiger partial charge in [0.15, 0.2) is 0 Å². The zero-order chi connectivity index (χ0) is 49.6. The molecule has 17 rings (SSSR count). The molecule has 4 aliphatic rings. The normalized spacial score (nSPS) is 13.4. The first-order chi connectivity index (χ1) is 37.6. The van der Waals surface area contributed by atoms with Gasteiger partial charge in [0.1, 0.15) is 68.3 Å². The number of nitrogens with zero attached hydrogens (tertiary/aromatic N) is 2. The third-order valence-electron chi connectivity index (χ3n) is 15.6. The standard InChI is InChI=1S/C66H38B2N2O6/c1-3-15-39(16-4-1)69-53-38-54-52(37-51(53)67-49-21-9-13-25-59(49)75-63-35-43(31-55(69)65(63)67)71-41-27-29-47-45-19-7-11-23-57(45)73-61(47)33-41)68-50-22-10-14-26-60(50)76-64-36-44(32-56(66(64)68)70(54)40-17-5-2-6-18-40)72-42-28-30-48-46-20-8-12-24-58(46)74-62(48)34-42/h1-38H. The Hall–Kier alpha value is -10.1. The number of hydrogen-bond acceptors (Lipinski definition) is 8. The quantitative estimate of drug-likeness (QED) is 0.153. The van der Waals surface area contributed by atoms with E-state index in [0.29, 0.717) is 23.0 Å². The van der Waals surface area contributed by atoms with Crippen LogP contribution in [0.4, 0.5) is 34.1 Å². The zero-order valence-corrected chi connectivity index (χ0v) is 40.4. The second-order valence-electron chi connectivity index (χ2n) is 19.9. The first kappa shape index (κ1) is 41.4. The van der Waals surface area contributed by atoms with E-state index in [0.717, 1.165) is 123 Å². The minimum Gasteiger partial charge on any atom is -0.458 e. The van der Waals surface area contributed by atoms with Crippen LogP contribution < -0.4 is 61.5 Å². The van der Waals surface area contributed by atoms with E-state index in [1.54, 1.807) is 0 Å². The summed E-state index contributed by atoms with van der Waals surface area (Å²) in [7, 11) is 0. The molecule has 0 spiro atoms. The van der Waals surface area contributed by atoms with Gasteiger partial charge in [-0.05, 0) is 112 Å². The summed E-state index contributed by atoms with van der Waals surface area (Å²) in [6.45, 7) is -0.366. The highest BCUT2D eigenvalue weighted by Gasteiger charge is 2.47. The minimum atomic E-state index is -0.183. The lowest BCUT2D eigenvalue weighted by molar-refractivity contribution is 0.462. The number of hydrogen-bond donors (Lipinski definition) is 0. The molecule has 0 fully saturated rings. The largest absolute Gasteiger partial charge is 0.458 e. The molecule has 0 N–H and O–H groups in total. The molecule has 11 aromatic carbocycles. The third-order valence-corrected chi connectivity index (χ3v) is 15.6. The molecule has 13 aromatic rings. The monoisotopic (exact) mass is 976 g/mol. The van der Waals surface area contributed by atoms with Crippen LogP contribution in [0, 0.1) is 0 Å². The Morgan fingerprint density at radius 3 is 1.20 bits per heavy atom. The second-order valence-corrected chi connectivity index (χ2v) is 19.9. The number of benzene rings is 11. The number of para-hydroxylation sites is 6. The number of fused-ring (bicyclic) bond motifs is 14. The van der Waals surface area contributed by atoms with Crippen LogP contribution in [-0.4, -0.2) is 13.4 Å². The lowest BCUT2D eigenvalue weighted by Gasteiger charge is -2.44. The van der Waals surface area contributed by atoms with E-state index >= 15 is 0 Å². The Bertz CT molecular complexity index is 4310. The van der Waals surface area contributed by atoms with E-state index < -0.39 is 0 Å². The van der Waals surface area contributed by atoms with Gasteiger partial charge in [-0.3, -0.25) is 0 Å². The molecule has 0 amide bonds. The zero-order valence-electron chi connectivity index (χ0n) is 40.4. The van der Waals surface area contributed by atoms with Gasteiger partial charge in [0.25, 0.3) is 13.4 Å². The van der Waals surface area contributed by atoms with E-state index in [1.807, 2.05) is 84.9 Å². The summed E-state index contributed by atoms with van der Waals surface area (Å²) >= 11 is 0. The van der Waals surface area contributed by atoms with Crippen molar-refractivity contribution in [1.29, 1.82) is 0 Å². The maximum absolute atomic E-state index is 6.98. The van der Waals surface area contributed by atoms with E-state index in [1.165, 1.54) is 10.9 Å². The van der Waals surface area contributed by atoms with Crippen LogP contribution in [0.2, 0.25) is 0 Å². The molecule has 2 aromatic heterocycles. The summed E-state index contributed by atoms with van der Waals surface area (Å²) in [5.74, 6) is 5.71. The molecule has 0 unspecified atom stereocenters. The van der Waals surface area contributed by atoms with Crippen LogP contribution in [0.1, 0.15) is 0 Å². The number of ether oxygens (including phenoxy) is 4.